The number of esters is 1. The quantitative estimate of drug-likeness (QED) is 0.744. The molecule has 2 rings (SSSR count). The molecule has 1 N–H and O–H groups in total. The fourth-order valence-electron chi connectivity index (χ4n) is 2.29. The summed E-state index contributed by atoms with van der Waals surface area (Å²) in [5, 5.41) is 7.16. The average Bonchev–Trinajstić information content (AvgIpc) is 2.60. The van der Waals surface area contributed by atoms with E-state index in [4.69, 9.17) is 4.74 Å². The minimum absolute atomic E-state index is 0.0897. The van der Waals surface area contributed by atoms with Crippen LogP contribution < -0.4 is 10.7 Å². The highest BCUT2D eigenvalue weighted by Crippen LogP contribution is 2.08. The lowest BCUT2D eigenvalue weighted by molar-refractivity contribution is -0.145. The number of benzene rings is 1. The molecule has 0 saturated heterocycles. The monoisotopic (exact) mass is 349 g/mol. The van der Waals surface area contributed by atoms with E-state index >= 15 is 0 Å². The first kappa shape index (κ1) is 18.0. The average molecular weight is 349 g/mol. The molecule has 1 aromatic carbocycles. The van der Waals surface area contributed by atoms with Crippen LogP contribution in [0.4, 0.5) is 0 Å². The van der Waals surface area contributed by atoms with E-state index in [0.717, 1.165) is 5.75 Å². The highest BCUT2D eigenvalue weighted by molar-refractivity contribution is 7.98. The van der Waals surface area contributed by atoms with E-state index in [1.807, 2.05) is 6.26 Å². The third-order valence-electron chi connectivity index (χ3n) is 3.49. The molecule has 1 aromatic heterocycles. The summed E-state index contributed by atoms with van der Waals surface area (Å²) in [6.07, 6.45) is 3.59. The summed E-state index contributed by atoms with van der Waals surface area (Å²) in [5.74, 6) is -0.123. The van der Waals surface area contributed by atoms with Crippen LogP contribution >= 0.6 is 11.8 Å². The molecule has 8 heteroatoms. The standard InChI is InChI=1S/C16H19N3O4S/c1-23-16(22)12(7-8-24-2)18-15(21)10-19-13-6-4-3-5-11(13)14(20)9-17-19/h3-6,9,12H,7-8,10H2,1-2H3,(H,18,21)/t12-/m1/s1. The summed E-state index contributed by atoms with van der Waals surface area (Å²) in [5.41, 5.74) is 0.369. The fourth-order valence-corrected chi connectivity index (χ4v) is 2.76. The molecule has 128 valence electrons. The molecule has 0 spiro atoms. The minimum Gasteiger partial charge on any atom is -0.467 e. The molecule has 24 heavy (non-hydrogen) atoms. The van der Waals surface area contributed by atoms with Gasteiger partial charge in [-0.1, -0.05) is 12.1 Å². The third-order valence-corrected chi connectivity index (χ3v) is 4.13. The van der Waals surface area contributed by atoms with Crippen LogP contribution in [0.25, 0.3) is 10.9 Å². The SMILES string of the molecule is COC(=O)[C@@H](CCSC)NC(=O)Cn1ncc(=O)c2ccccc21. The molecule has 7 nitrogen and oxygen atoms in total. The first-order valence-corrected chi connectivity index (χ1v) is 8.77. The zero-order chi connectivity index (χ0) is 17.5. The Morgan fingerprint density at radius 3 is 2.83 bits per heavy atom. The maximum atomic E-state index is 12.3. The number of hydrogen-bond acceptors (Lipinski definition) is 6. The molecule has 0 aliphatic rings. The van der Waals surface area contributed by atoms with Crippen LogP contribution in [0.3, 0.4) is 0 Å². The Balaban J connectivity index is 2.15. The van der Waals surface area contributed by atoms with E-state index in [2.05, 4.69) is 10.4 Å². The lowest BCUT2D eigenvalue weighted by Crippen LogP contribution is -2.43. The number of carbonyl (C=O) groups excluding carboxylic acids is 2. The molecular weight excluding hydrogens is 330 g/mol. The number of nitrogens with one attached hydrogen (secondary N) is 1. The number of methoxy groups -OCH3 is 1. The number of hydrogen-bond donors (Lipinski definition) is 1. The van der Waals surface area contributed by atoms with Gasteiger partial charge in [0.15, 0.2) is 0 Å². The van der Waals surface area contributed by atoms with Gasteiger partial charge in [-0.15, -0.1) is 0 Å². The first-order chi connectivity index (χ1) is 11.6. The number of ether oxygens (including phenoxy) is 1. The predicted molar refractivity (Wildman–Crippen MR) is 92.9 cm³/mol. The minimum atomic E-state index is -0.694. The lowest BCUT2D eigenvalue weighted by atomic mass is 10.2. The Hall–Kier alpha value is -2.35. The second-order valence-electron chi connectivity index (χ2n) is 5.11. The second kappa shape index (κ2) is 8.49. The van der Waals surface area contributed by atoms with Crippen molar-refractivity contribution in [2.24, 2.45) is 0 Å². The zero-order valence-electron chi connectivity index (χ0n) is 13.5. The highest BCUT2D eigenvalue weighted by Gasteiger charge is 2.21. The Bertz CT molecular complexity index is 790. The number of rotatable bonds is 7. The zero-order valence-corrected chi connectivity index (χ0v) is 14.3. The predicted octanol–water partition coefficient (Wildman–Crippen LogP) is 0.807. The van der Waals surface area contributed by atoms with Crippen molar-refractivity contribution in [2.75, 3.05) is 19.1 Å². The molecule has 2 aromatic rings. The molecule has 0 fully saturated rings. The van der Waals surface area contributed by atoms with Gasteiger partial charge in [-0.3, -0.25) is 14.3 Å². The van der Waals surface area contributed by atoms with E-state index in [1.54, 1.807) is 36.0 Å². The van der Waals surface area contributed by atoms with Crippen LogP contribution in [0.15, 0.2) is 35.3 Å². The van der Waals surface area contributed by atoms with Gasteiger partial charge in [-0.25, -0.2) is 4.79 Å². The lowest BCUT2D eigenvalue weighted by Gasteiger charge is -2.16. The van der Waals surface area contributed by atoms with Gasteiger partial charge in [0.1, 0.15) is 12.6 Å². The Morgan fingerprint density at radius 1 is 1.38 bits per heavy atom. The number of para-hydroxylation sites is 1. The van der Waals surface area contributed by atoms with Gasteiger partial charge in [0.05, 0.1) is 18.8 Å². The number of fused-ring (bicyclic) bond motifs is 1. The number of carbonyl (C=O) groups is 2. The van der Waals surface area contributed by atoms with Crippen LogP contribution in [0.2, 0.25) is 0 Å². The number of nitrogens with zero attached hydrogens (tertiary/aromatic N) is 2. The van der Waals surface area contributed by atoms with Crippen molar-refractivity contribution in [1.29, 1.82) is 0 Å². The third kappa shape index (κ3) is 4.35. The fraction of sp³-hybridized carbons (Fsp3) is 0.375. The molecule has 1 amide bonds. The van der Waals surface area contributed by atoms with Crippen molar-refractivity contribution in [3.8, 4) is 0 Å². The molecule has 0 saturated carbocycles. The Labute approximate surface area is 143 Å². The molecule has 0 unspecified atom stereocenters. The Kier molecular flexibility index (Phi) is 6.36. The molecular formula is C16H19N3O4S. The highest BCUT2D eigenvalue weighted by atomic mass is 32.2. The van der Waals surface area contributed by atoms with Gasteiger partial charge in [0, 0.05) is 5.39 Å². The molecule has 0 radical (unpaired) electrons. The van der Waals surface area contributed by atoms with Gasteiger partial charge < -0.3 is 10.1 Å². The van der Waals surface area contributed by atoms with Gasteiger partial charge in [0.25, 0.3) is 0 Å². The van der Waals surface area contributed by atoms with Crippen molar-refractivity contribution < 1.29 is 14.3 Å². The van der Waals surface area contributed by atoms with Crippen molar-refractivity contribution in [2.45, 2.75) is 19.0 Å². The van der Waals surface area contributed by atoms with E-state index < -0.39 is 12.0 Å². The maximum absolute atomic E-state index is 12.3. The van der Waals surface area contributed by atoms with Crippen molar-refractivity contribution in [1.82, 2.24) is 15.1 Å². The van der Waals surface area contributed by atoms with E-state index in [1.165, 1.54) is 18.0 Å². The largest absolute Gasteiger partial charge is 0.467 e. The molecule has 0 bridgehead atoms. The van der Waals surface area contributed by atoms with Gasteiger partial charge >= 0.3 is 5.97 Å². The number of thioether (sulfide) groups is 1. The van der Waals surface area contributed by atoms with Gasteiger partial charge in [-0.2, -0.15) is 16.9 Å². The van der Waals surface area contributed by atoms with Gasteiger partial charge in [-0.05, 0) is 30.6 Å². The first-order valence-electron chi connectivity index (χ1n) is 7.37. The second-order valence-corrected chi connectivity index (χ2v) is 6.09. The van der Waals surface area contributed by atoms with Crippen LogP contribution in [0.5, 0.6) is 0 Å². The molecule has 0 aliphatic carbocycles. The molecule has 1 atom stereocenters. The number of amides is 1. The Morgan fingerprint density at radius 2 is 2.12 bits per heavy atom. The smallest absolute Gasteiger partial charge is 0.328 e. The van der Waals surface area contributed by atoms with Crippen LogP contribution in [0, 0.1) is 0 Å². The van der Waals surface area contributed by atoms with Gasteiger partial charge in [0.2, 0.25) is 11.3 Å². The molecule has 0 aliphatic heterocycles. The maximum Gasteiger partial charge on any atom is 0.328 e. The summed E-state index contributed by atoms with van der Waals surface area (Å²) < 4.78 is 6.16. The summed E-state index contributed by atoms with van der Waals surface area (Å²) in [6, 6.07) is 6.24. The summed E-state index contributed by atoms with van der Waals surface area (Å²) in [7, 11) is 1.29. The van der Waals surface area contributed by atoms with Crippen molar-refractivity contribution >= 4 is 34.5 Å². The van der Waals surface area contributed by atoms with E-state index in [9.17, 15) is 14.4 Å². The summed E-state index contributed by atoms with van der Waals surface area (Å²) >= 11 is 1.58. The van der Waals surface area contributed by atoms with Crippen LogP contribution in [0.1, 0.15) is 6.42 Å². The van der Waals surface area contributed by atoms with Crippen molar-refractivity contribution in [3.63, 3.8) is 0 Å². The van der Waals surface area contributed by atoms with Crippen LogP contribution in [-0.4, -0.2) is 46.8 Å². The normalized spacial score (nSPS) is 11.9. The number of aromatic nitrogens is 2. The topological polar surface area (TPSA) is 90.3 Å². The van der Waals surface area contributed by atoms with E-state index in [-0.39, 0.29) is 17.9 Å². The van der Waals surface area contributed by atoms with E-state index in [0.29, 0.717) is 17.3 Å². The van der Waals surface area contributed by atoms with Crippen LogP contribution in [-0.2, 0) is 20.9 Å². The summed E-state index contributed by atoms with van der Waals surface area (Å²) in [4.78, 5) is 35.8. The molecule has 1 heterocycles. The summed E-state index contributed by atoms with van der Waals surface area (Å²) in [6.45, 7) is -0.0897. The van der Waals surface area contributed by atoms with Crippen molar-refractivity contribution in [3.05, 3.63) is 40.7 Å².